The first-order valence-corrected chi connectivity index (χ1v) is 8.62. The van der Waals surface area contributed by atoms with Gasteiger partial charge in [-0.15, -0.1) is 0 Å². The smallest absolute Gasteiger partial charge is 0.326 e. The molecule has 0 radical (unpaired) electrons. The lowest BCUT2D eigenvalue weighted by Crippen LogP contribution is -2.34. The summed E-state index contributed by atoms with van der Waals surface area (Å²) in [4.78, 5) is 14.7. The number of carbonyl (C=O) groups excluding carboxylic acids is 1. The summed E-state index contributed by atoms with van der Waals surface area (Å²) in [5.74, 6) is 0.952. The van der Waals surface area contributed by atoms with Gasteiger partial charge in [0.2, 0.25) is 0 Å². The van der Waals surface area contributed by atoms with E-state index < -0.39 is 0 Å². The molecule has 1 aliphatic rings. The van der Waals surface area contributed by atoms with Crippen LogP contribution < -0.4 is 15.0 Å². The molecule has 1 N–H and O–H groups in total. The number of urea groups is 1. The number of amides is 2. The summed E-state index contributed by atoms with van der Waals surface area (Å²) in [6.07, 6.45) is 0. The van der Waals surface area contributed by atoms with Gasteiger partial charge >= 0.3 is 6.03 Å². The van der Waals surface area contributed by atoms with Gasteiger partial charge in [0.25, 0.3) is 0 Å². The summed E-state index contributed by atoms with van der Waals surface area (Å²) in [5, 5.41) is 2.98. The second-order valence-corrected chi connectivity index (χ2v) is 6.29. The summed E-state index contributed by atoms with van der Waals surface area (Å²) in [7, 11) is 1.62. The number of methoxy groups -OCH3 is 1. The Kier molecular flexibility index (Phi) is 4.32. The SMILES string of the molecule is COc1ccc(NC(=O)N2CC(c3ccccc3)c3ccccc32)cc1. The van der Waals surface area contributed by atoms with E-state index in [4.69, 9.17) is 4.74 Å². The van der Waals surface area contributed by atoms with Crippen molar-refractivity contribution in [3.05, 3.63) is 90.0 Å². The number of ether oxygens (including phenoxy) is 1. The number of rotatable bonds is 3. The van der Waals surface area contributed by atoms with Crippen LogP contribution in [-0.2, 0) is 0 Å². The van der Waals surface area contributed by atoms with Gasteiger partial charge in [0.05, 0.1) is 7.11 Å². The zero-order chi connectivity index (χ0) is 17.9. The van der Waals surface area contributed by atoms with Crippen LogP contribution in [0.4, 0.5) is 16.2 Å². The van der Waals surface area contributed by atoms with E-state index in [1.54, 1.807) is 7.11 Å². The third kappa shape index (κ3) is 3.02. The summed E-state index contributed by atoms with van der Waals surface area (Å²) < 4.78 is 5.16. The maximum atomic E-state index is 12.9. The topological polar surface area (TPSA) is 41.6 Å². The predicted molar refractivity (Wildman–Crippen MR) is 104 cm³/mol. The molecule has 0 aliphatic carbocycles. The van der Waals surface area contributed by atoms with Crippen molar-refractivity contribution in [2.24, 2.45) is 0 Å². The molecule has 0 spiro atoms. The standard InChI is InChI=1S/C22H20N2O2/c1-26-18-13-11-17(12-14-18)23-22(25)24-15-20(16-7-3-2-4-8-16)19-9-5-6-10-21(19)24/h2-14,20H,15H2,1H3,(H,23,25). The van der Waals surface area contributed by atoms with E-state index in [0.717, 1.165) is 17.1 Å². The summed E-state index contributed by atoms with van der Waals surface area (Å²) in [5.41, 5.74) is 4.12. The quantitative estimate of drug-likeness (QED) is 0.736. The Morgan fingerprint density at radius 2 is 1.65 bits per heavy atom. The second-order valence-electron chi connectivity index (χ2n) is 6.29. The third-order valence-electron chi connectivity index (χ3n) is 4.76. The van der Waals surface area contributed by atoms with Crippen molar-refractivity contribution >= 4 is 17.4 Å². The van der Waals surface area contributed by atoms with E-state index >= 15 is 0 Å². The number of hydrogen-bond donors (Lipinski definition) is 1. The van der Waals surface area contributed by atoms with Gasteiger partial charge in [-0.05, 0) is 41.5 Å². The fraction of sp³-hybridized carbons (Fsp3) is 0.136. The molecule has 0 saturated heterocycles. The number of para-hydroxylation sites is 1. The van der Waals surface area contributed by atoms with Crippen LogP contribution in [0, 0.1) is 0 Å². The number of hydrogen-bond acceptors (Lipinski definition) is 2. The molecule has 0 bridgehead atoms. The highest BCUT2D eigenvalue weighted by Crippen LogP contribution is 2.40. The zero-order valence-electron chi connectivity index (χ0n) is 14.6. The van der Waals surface area contributed by atoms with Gasteiger partial charge in [0, 0.05) is 23.8 Å². The van der Waals surface area contributed by atoms with Crippen molar-refractivity contribution in [3.63, 3.8) is 0 Å². The maximum absolute atomic E-state index is 12.9. The molecule has 2 amide bonds. The van der Waals surface area contributed by atoms with Crippen molar-refractivity contribution in [1.29, 1.82) is 0 Å². The molecule has 3 aromatic rings. The summed E-state index contributed by atoms with van der Waals surface area (Å²) in [6, 6.07) is 25.7. The molecular weight excluding hydrogens is 324 g/mol. The Morgan fingerprint density at radius 3 is 2.38 bits per heavy atom. The number of nitrogens with zero attached hydrogens (tertiary/aromatic N) is 1. The van der Waals surface area contributed by atoms with Crippen molar-refractivity contribution < 1.29 is 9.53 Å². The van der Waals surface area contributed by atoms with Gasteiger partial charge in [-0.2, -0.15) is 0 Å². The minimum atomic E-state index is -0.124. The first kappa shape index (κ1) is 16.2. The molecule has 0 saturated carbocycles. The van der Waals surface area contributed by atoms with Crippen LogP contribution in [0.2, 0.25) is 0 Å². The molecule has 1 unspecified atom stereocenters. The van der Waals surface area contributed by atoms with Crippen molar-refractivity contribution in [3.8, 4) is 5.75 Å². The Hall–Kier alpha value is -3.27. The molecule has 3 aromatic carbocycles. The lowest BCUT2D eigenvalue weighted by molar-refractivity contribution is 0.257. The zero-order valence-corrected chi connectivity index (χ0v) is 14.6. The first-order valence-electron chi connectivity index (χ1n) is 8.62. The highest BCUT2D eigenvalue weighted by atomic mass is 16.5. The van der Waals surface area contributed by atoms with E-state index in [1.165, 1.54) is 11.1 Å². The Labute approximate surface area is 153 Å². The Balaban J connectivity index is 1.59. The molecule has 4 rings (SSSR count). The van der Waals surface area contributed by atoms with Crippen molar-refractivity contribution in [2.45, 2.75) is 5.92 Å². The monoisotopic (exact) mass is 344 g/mol. The molecule has 1 aliphatic heterocycles. The van der Waals surface area contributed by atoms with Crippen LogP contribution in [0.3, 0.4) is 0 Å². The van der Waals surface area contributed by atoms with Crippen LogP contribution in [-0.4, -0.2) is 19.7 Å². The molecule has 1 atom stereocenters. The van der Waals surface area contributed by atoms with Gasteiger partial charge in [0.15, 0.2) is 0 Å². The van der Waals surface area contributed by atoms with Crippen molar-refractivity contribution in [2.75, 3.05) is 23.9 Å². The van der Waals surface area contributed by atoms with Gasteiger partial charge < -0.3 is 10.1 Å². The Bertz CT molecular complexity index is 907. The van der Waals surface area contributed by atoms with Gasteiger partial charge in [-0.1, -0.05) is 48.5 Å². The molecule has 4 heteroatoms. The van der Waals surface area contributed by atoms with Crippen LogP contribution >= 0.6 is 0 Å². The van der Waals surface area contributed by atoms with Gasteiger partial charge in [-0.25, -0.2) is 4.79 Å². The number of benzene rings is 3. The van der Waals surface area contributed by atoms with Crippen LogP contribution in [0.25, 0.3) is 0 Å². The van der Waals surface area contributed by atoms with Crippen LogP contribution in [0.5, 0.6) is 5.75 Å². The third-order valence-corrected chi connectivity index (χ3v) is 4.76. The van der Waals surface area contributed by atoms with E-state index in [-0.39, 0.29) is 11.9 Å². The molecule has 1 heterocycles. The average Bonchev–Trinajstić information content (AvgIpc) is 3.09. The second kappa shape index (κ2) is 6.92. The lowest BCUT2D eigenvalue weighted by Gasteiger charge is -2.19. The molecule has 130 valence electrons. The summed E-state index contributed by atoms with van der Waals surface area (Å²) in [6.45, 7) is 0.630. The van der Waals surface area contributed by atoms with Crippen LogP contribution in [0.15, 0.2) is 78.9 Å². The van der Waals surface area contributed by atoms with Crippen molar-refractivity contribution in [1.82, 2.24) is 0 Å². The van der Waals surface area contributed by atoms with E-state index in [0.29, 0.717) is 6.54 Å². The molecule has 0 aromatic heterocycles. The molecular formula is C22H20N2O2. The van der Waals surface area contributed by atoms with Gasteiger partial charge in [0.1, 0.15) is 5.75 Å². The van der Waals surface area contributed by atoms with Crippen LogP contribution in [0.1, 0.15) is 17.0 Å². The fourth-order valence-electron chi connectivity index (χ4n) is 3.44. The maximum Gasteiger partial charge on any atom is 0.326 e. The fourth-order valence-corrected chi connectivity index (χ4v) is 3.44. The molecule has 0 fully saturated rings. The number of nitrogens with one attached hydrogen (secondary N) is 1. The number of fused-ring (bicyclic) bond motifs is 1. The minimum absolute atomic E-state index is 0.124. The largest absolute Gasteiger partial charge is 0.497 e. The highest BCUT2D eigenvalue weighted by Gasteiger charge is 2.32. The Morgan fingerprint density at radius 1 is 0.962 bits per heavy atom. The average molecular weight is 344 g/mol. The highest BCUT2D eigenvalue weighted by molar-refractivity contribution is 6.03. The normalized spacial score (nSPS) is 15.4. The minimum Gasteiger partial charge on any atom is -0.497 e. The number of anilines is 2. The first-order chi connectivity index (χ1) is 12.8. The van der Waals surface area contributed by atoms with E-state index in [9.17, 15) is 4.79 Å². The lowest BCUT2D eigenvalue weighted by atomic mass is 9.93. The van der Waals surface area contributed by atoms with Gasteiger partial charge in [-0.3, -0.25) is 4.90 Å². The summed E-state index contributed by atoms with van der Waals surface area (Å²) >= 11 is 0. The predicted octanol–water partition coefficient (Wildman–Crippen LogP) is 4.88. The molecule has 26 heavy (non-hydrogen) atoms. The number of carbonyl (C=O) groups is 1. The molecule has 4 nitrogen and oxygen atoms in total. The van der Waals surface area contributed by atoms with E-state index in [1.807, 2.05) is 65.6 Å². The van der Waals surface area contributed by atoms with E-state index in [2.05, 4.69) is 23.5 Å².